The maximum Gasteiger partial charge on any atom is 0.234 e. The normalized spacial score (nSPS) is 27.8. The van der Waals surface area contributed by atoms with Crippen LogP contribution in [0.1, 0.15) is 26.7 Å². The first kappa shape index (κ1) is 11.9. The minimum absolute atomic E-state index is 0.110. The second-order valence-electron chi connectivity index (χ2n) is 5.66. The zero-order chi connectivity index (χ0) is 11.6. The molecule has 2 aliphatic heterocycles. The van der Waals surface area contributed by atoms with Gasteiger partial charge < -0.3 is 10.6 Å². The van der Waals surface area contributed by atoms with Gasteiger partial charge in [-0.2, -0.15) is 0 Å². The summed E-state index contributed by atoms with van der Waals surface area (Å²) in [5, 5.41) is 6.33. The highest BCUT2D eigenvalue weighted by Gasteiger charge is 2.34. The van der Waals surface area contributed by atoms with Gasteiger partial charge in [-0.25, -0.2) is 0 Å². The molecule has 0 radical (unpaired) electrons. The van der Waals surface area contributed by atoms with Crippen molar-refractivity contribution in [1.82, 2.24) is 15.5 Å². The van der Waals surface area contributed by atoms with Crippen LogP contribution in [-0.4, -0.2) is 49.1 Å². The summed E-state index contributed by atoms with van der Waals surface area (Å²) in [6.07, 6.45) is 2.49. The molecule has 16 heavy (non-hydrogen) atoms. The highest BCUT2D eigenvalue weighted by molar-refractivity contribution is 5.79. The van der Waals surface area contributed by atoms with Gasteiger partial charge in [0.15, 0.2) is 0 Å². The van der Waals surface area contributed by atoms with Gasteiger partial charge >= 0.3 is 0 Å². The summed E-state index contributed by atoms with van der Waals surface area (Å²) in [6.45, 7) is 9.10. The summed E-state index contributed by atoms with van der Waals surface area (Å²) in [6, 6.07) is 0. The first-order chi connectivity index (χ1) is 7.58. The lowest BCUT2D eigenvalue weighted by atomic mass is 9.93. The molecule has 2 saturated heterocycles. The van der Waals surface area contributed by atoms with Gasteiger partial charge in [-0.05, 0) is 45.7 Å². The second-order valence-corrected chi connectivity index (χ2v) is 5.66. The first-order valence-corrected chi connectivity index (χ1v) is 6.30. The van der Waals surface area contributed by atoms with E-state index in [0.29, 0.717) is 6.54 Å². The molecule has 0 spiro atoms. The topological polar surface area (TPSA) is 44.4 Å². The first-order valence-electron chi connectivity index (χ1n) is 6.30. The average Bonchev–Trinajstić information content (AvgIpc) is 2.26. The molecular weight excluding hydrogens is 202 g/mol. The summed E-state index contributed by atoms with van der Waals surface area (Å²) in [5.74, 6) is 0.930. The lowest BCUT2D eigenvalue weighted by Crippen LogP contribution is -2.61. The molecule has 92 valence electrons. The number of piperazine rings is 1. The van der Waals surface area contributed by atoms with Gasteiger partial charge in [0, 0.05) is 18.6 Å². The third-order valence-electron chi connectivity index (χ3n) is 3.85. The Hall–Kier alpha value is -0.610. The van der Waals surface area contributed by atoms with Crippen LogP contribution >= 0.6 is 0 Å². The zero-order valence-corrected chi connectivity index (χ0v) is 10.4. The molecule has 0 bridgehead atoms. The lowest BCUT2D eigenvalue weighted by molar-refractivity contribution is -0.128. The molecule has 2 fully saturated rings. The van der Waals surface area contributed by atoms with E-state index in [0.717, 1.165) is 32.1 Å². The van der Waals surface area contributed by atoms with E-state index in [9.17, 15) is 4.79 Å². The Morgan fingerprint density at radius 3 is 2.75 bits per heavy atom. The van der Waals surface area contributed by atoms with Crippen LogP contribution in [-0.2, 0) is 4.79 Å². The van der Waals surface area contributed by atoms with E-state index in [-0.39, 0.29) is 11.4 Å². The fourth-order valence-electron chi connectivity index (χ4n) is 2.56. The minimum atomic E-state index is 0.110. The maximum atomic E-state index is 11.4. The van der Waals surface area contributed by atoms with Crippen molar-refractivity contribution < 1.29 is 4.79 Å². The van der Waals surface area contributed by atoms with E-state index in [1.54, 1.807) is 0 Å². The third-order valence-corrected chi connectivity index (χ3v) is 3.85. The number of hydrogen-bond acceptors (Lipinski definition) is 3. The summed E-state index contributed by atoms with van der Waals surface area (Å²) in [4.78, 5) is 13.8. The van der Waals surface area contributed by atoms with E-state index in [2.05, 4.69) is 29.4 Å². The molecule has 0 aromatic carbocycles. The van der Waals surface area contributed by atoms with Gasteiger partial charge in [-0.15, -0.1) is 0 Å². The number of amides is 1. The van der Waals surface area contributed by atoms with Crippen molar-refractivity contribution in [1.29, 1.82) is 0 Å². The molecular formula is C12H23N3O. The van der Waals surface area contributed by atoms with Gasteiger partial charge in [0.1, 0.15) is 0 Å². The second kappa shape index (κ2) is 4.72. The largest absolute Gasteiger partial charge is 0.353 e. The van der Waals surface area contributed by atoms with Crippen molar-refractivity contribution in [2.75, 3.05) is 32.7 Å². The summed E-state index contributed by atoms with van der Waals surface area (Å²) < 4.78 is 0. The summed E-state index contributed by atoms with van der Waals surface area (Å²) in [5.41, 5.74) is 0.110. The maximum absolute atomic E-state index is 11.4. The molecule has 0 saturated carbocycles. The summed E-state index contributed by atoms with van der Waals surface area (Å²) in [7, 11) is 0. The number of carbonyl (C=O) groups excluding carboxylic acids is 1. The van der Waals surface area contributed by atoms with Gasteiger partial charge in [-0.3, -0.25) is 9.69 Å². The fraction of sp³-hybridized carbons (Fsp3) is 0.917. The Balaban J connectivity index is 1.92. The van der Waals surface area contributed by atoms with E-state index in [4.69, 9.17) is 0 Å². The molecule has 1 amide bonds. The third kappa shape index (κ3) is 2.74. The molecule has 2 aliphatic rings. The fourth-order valence-corrected chi connectivity index (χ4v) is 2.56. The highest BCUT2D eigenvalue weighted by atomic mass is 16.2. The summed E-state index contributed by atoms with van der Waals surface area (Å²) >= 11 is 0. The monoisotopic (exact) mass is 225 g/mol. The quantitative estimate of drug-likeness (QED) is 0.705. The van der Waals surface area contributed by atoms with E-state index in [1.165, 1.54) is 12.8 Å². The van der Waals surface area contributed by atoms with Gasteiger partial charge in [-0.1, -0.05) is 0 Å². The molecule has 0 unspecified atom stereocenters. The van der Waals surface area contributed by atoms with Crippen molar-refractivity contribution in [3.8, 4) is 0 Å². The minimum Gasteiger partial charge on any atom is -0.353 e. The number of carbonyl (C=O) groups is 1. The van der Waals surface area contributed by atoms with Gasteiger partial charge in [0.05, 0.1) is 6.54 Å². The molecule has 0 aromatic rings. The Labute approximate surface area is 97.8 Å². The van der Waals surface area contributed by atoms with Crippen molar-refractivity contribution in [3.05, 3.63) is 0 Å². The van der Waals surface area contributed by atoms with E-state index < -0.39 is 0 Å². The number of nitrogens with one attached hydrogen (secondary N) is 2. The molecule has 4 nitrogen and oxygen atoms in total. The van der Waals surface area contributed by atoms with Crippen LogP contribution in [0.2, 0.25) is 0 Å². The van der Waals surface area contributed by atoms with Crippen LogP contribution in [0.3, 0.4) is 0 Å². The van der Waals surface area contributed by atoms with Crippen LogP contribution in [0, 0.1) is 5.92 Å². The number of hydrogen-bond donors (Lipinski definition) is 2. The van der Waals surface area contributed by atoms with E-state index in [1.807, 2.05) is 0 Å². The van der Waals surface area contributed by atoms with Crippen LogP contribution in [0.4, 0.5) is 0 Å². The van der Waals surface area contributed by atoms with Crippen molar-refractivity contribution in [3.63, 3.8) is 0 Å². The number of nitrogens with zero attached hydrogens (tertiary/aromatic N) is 1. The molecule has 0 atom stereocenters. The molecule has 0 aliphatic carbocycles. The SMILES string of the molecule is CC1(C)CNC(=O)CN1CC1CCNCC1. The van der Waals surface area contributed by atoms with Crippen molar-refractivity contribution >= 4 is 5.91 Å². The average molecular weight is 225 g/mol. The smallest absolute Gasteiger partial charge is 0.234 e. The van der Waals surface area contributed by atoms with Gasteiger partial charge in [0.2, 0.25) is 5.91 Å². The zero-order valence-electron chi connectivity index (χ0n) is 10.4. The number of rotatable bonds is 2. The molecule has 2 rings (SSSR count). The Bertz CT molecular complexity index is 259. The Kier molecular flexibility index (Phi) is 3.50. The van der Waals surface area contributed by atoms with Crippen molar-refractivity contribution in [2.24, 2.45) is 5.92 Å². The van der Waals surface area contributed by atoms with Crippen LogP contribution in [0.15, 0.2) is 0 Å². The molecule has 2 heterocycles. The van der Waals surface area contributed by atoms with Crippen LogP contribution in [0.5, 0.6) is 0 Å². The van der Waals surface area contributed by atoms with Crippen LogP contribution < -0.4 is 10.6 Å². The van der Waals surface area contributed by atoms with E-state index >= 15 is 0 Å². The molecule has 2 N–H and O–H groups in total. The molecule has 4 heteroatoms. The predicted octanol–water partition coefficient (Wildman–Crippen LogP) is 0.196. The van der Waals surface area contributed by atoms with Crippen LogP contribution in [0.25, 0.3) is 0 Å². The standard InChI is InChI=1S/C12H23N3O/c1-12(2)9-14-11(16)8-15(12)7-10-3-5-13-6-4-10/h10,13H,3-9H2,1-2H3,(H,14,16). The van der Waals surface area contributed by atoms with Gasteiger partial charge in [0.25, 0.3) is 0 Å². The molecule has 0 aromatic heterocycles. The highest BCUT2D eigenvalue weighted by Crippen LogP contribution is 2.21. The lowest BCUT2D eigenvalue weighted by Gasteiger charge is -2.44. The Morgan fingerprint density at radius 2 is 2.06 bits per heavy atom. The number of piperidine rings is 1. The van der Waals surface area contributed by atoms with Crippen molar-refractivity contribution in [2.45, 2.75) is 32.2 Å². The Morgan fingerprint density at radius 1 is 1.38 bits per heavy atom. The predicted molar refractivity (Wildman–Crippen MR) is 64.3 cm³/mol.